The Kier molecular flexibility index (Phi) is 4.33. The Labute approximate surface area is 96.5 Å². The third-order valence-electron chi connectivity index (χ3n) is 2.16. The number of rotatable bonds is 4. The second kappa shape index (κ2) is 5.31. The minimum atomic E-state index is 0.121. The summed E-state index contributed by atoms with van der Waals surface area (Å²) in [6.45, 7) is 6.78. The Bertz CT molecular complexity index is 326. The first kappa shape index (κ1) is 12.2. The maximum Gasteiger partial charge on any atom is 0.132 e. The lowest BCUT2D eigenvalue weighted by Gasteiger charge is -2.20. The van der Waals surface area contributed by atoms with Gasteiger partial charge in [-0.25, -0.2) is 9.97 Å². The number of anilines is 1. The normalized spacial score (nSPS) is 12.6. The summed E-state index contributed by atoms with van der Waals surface area (Å²) in [4.78, 5) is 10.8. The first-order chi connectivity index (χ1) is 7.02. The highest BCUT2D eigenvalue weighted by atomic mass is 35.5. The Morgan fingerprint density at radius 2 is 2.13 bits per heavy atom. The van der Waals surface area contributed by atoms with Crippen LogP contribution in [0.15, 0.2) is 6.07 Å². The largest absolute Gasteiger partial charge is 0.358 e. The Morgan fingerprint density at radius 1 is 1.47 bits per heavy atom. The number of aryl methyl sites for hydroxylation is 2. The molecule has 0 saturated heterocycles. The van der Waals surface area contributed by atoms with E-state index < -0.39 is 0 Å². The van der Waals surface area contributed by atoms with Crippen LogP contribution >= 0.6 is 11.6 Å². The van der Waals surface area contributed by atoms with Gasteiger partial charge < -0.3 is 4.90 Å². The zero-order valence-electron chi connectivity index (χ0n) is 9.79. The van der Waals surface area contributed by atoms with Crippen LogP contribution in [-0.2, 0) is 6.42 Å². The van der Waals surface area contributed by atoms with Crippen LogP contribution in [0.25, 0.3) is 0 Å². The summed E-state index contributed by atoms with van der Waals surface area (Å²) in [7, 11) is 2.00. The van der Waals surface area contributed by atoms with Gasteiger partial charge in [-0.3, -0.25) is 0 Å². The molecule has 1 unspecified atom stereocenters. The predicted molar refractivity (Wildman–Crippen MR) is 64.7 cm³/mol. The van der Waals surface area contributed by atoms with Crippen LogP contribution in [0.4, 0.5) is 5.82 Å². The van der Waals surface area contributed by atoms with Gasteiger partial charge in [-0.05, 0) is 20.3 Å². The molecular weight excluding hydrogens is 210 g/mol. The van der Waals surface area contributed by atoms with E-state index in [4.69, 9.17) is 11.6 Å². The van der Waals surface area contributed by atoms with Gasteiger partial charge in [0.15, 0.2) is 0 Å². The van der Waals surface area contributed by atoms with E-state index in [1.807, 2.05) is 27.0 Å². The molecule has 0 radical (unpaired) electrons. The van der Waals surface area contributed by atoms with E-state index in [-0.39, 0.29) is 5.38 Å². The van der Waals surface area contributed by atoms with Crippen LogP contribution < -0.4 is 4.90 Å². The summed E-state index contributed by atoms with van der Waals surface area (Å²) in [6.07, 6.45) is 0.931. The quantitative estimate of drug-likeness (QED) is 0.740. The van der Waals surface area contributed by atoms with Crippen LogP contribution in [0.3, 0.4) is 0 Å². The van der Waals surface area contributed by atoms with Crippen LogP contribution in [0.2, 0.25) is 0 Å². The summed E-state index contributed by atoms with van der Waals surface area (Å²) in [6, 6.07) is 2.02. The number of halogens is 1. The highest BCUT2D eigenvalue weighted by Crippen LogP contribution is 2.12. The van der Waals surface area contributed by atoms with Crippen molar-refractivity contribution in [2.75, 3.05) is 18.5 Å². The van der Waals surface area contributed by atoms with E-state index in [0.29, 0.717) is 0 Å². The summed E-state index contributed by atoms with van der Waals surface area (Å²) in [5.41, 5.74) is 1.08. The molecule has 1 heterocycles. The molecule has 0 saturated carbocycles. The summed E-state index contributed by atoms with van der Waals surface area (Å²) in [5.74, 6) is 1.77. The lowest BCUT2D eigenvalue weighted by Crippen LogP contribution is -2.25. The predicted octanol–water partition coefficient (Wildman–Crippen LogP) is 2.41. The lowest BCUT2D eigenvalue weighted by atomic mass is 10.3. The van der Waals surface area contributed by atoms with E-state index in [9.17, 15) is 0 Å². The minimum absolute atomic E-state index is 0.121. The molecule has 0 aliphatic heterocycles. The summed E-state index contributed by atoms with van der Waals surface area (Å²) < 4.78 is 0. The number of aromatic nitrogens is 2. The molecule has 4 heteroatoms. The SMILES string of the molecule is CCc1cc(N(C)CC(C)Cl)nc(C)n1. The van der Waals surface area contributed by atoms with Crippen molar-refractivity contribution in [3.8, 4) is 0 Å². The third kappa shape index (κ3) is 3.67. The second-order valence-corrected chi connectivity index (χ2v) is 4.52. The van der Waals surface area contributed by atoms with Gasteiger partial charge in [-0.15, -0.1) is 11.6 Å². The number of nitrogens with zero attached hydrogens (tertiary/aromatic N) is 3. The van der Waals surface area contributed by atoms with Crippen LogP contribution in [0.5, 0.6) is 0 Å². The van der Waals surface area contributed by atoms with Crippen molar-refractivity contribution >= 4 is 17.4 Å². The zero-order valence-corrected chi connectivity index (χ0v) is 10.5. The first-order valence-electron chi connectivity index (χ1n) is 5.22. The monoisotopic (exact) mass is 227 g/mol. The third-order valence-corrected chi connectivity index (χ3v) is 2.29. The van der Waals surface area contributed by atoms with Gasteiger partial charge in [-0.2, -0.15) is 0 Å². The molecule has 1 aromatic heterocycles. The molecule has 1 rings (SSSR count). The average molecular weight is 228 g/mol. The molecule has 0 aromatic carbocycles. The molecule has 0 bridgehead atoms. The molecule has 1 atom stereocenters. The Morgan fingerprint density at radius 3 is 2.67 bits per heavy atom. The van der Waals surface area contributed by atoms with E-state index in [1.54, 1.807) is 0 Å². The second-order valence-electron chi connectivity index (χ2n) is 3.78. The van der Waals surface area contributed by atoms with Gasteiger partial charge in [0.05, 0.1) is 0 Å². The Hall–Kier alpha value is -0.830. The molecule has 0 aliphatic rings. The van der Waals surface area contributed by atoms with Crippen molar-refractivity contribution in [3.05, 3.63) is 17.6 Å². The molecule has 1 aromatic rings. The fourth-order valence-corrected chi connectivity index (χ4v) is 1.67. The van der Waals surface area contributed by atoms with Gasteiger partial charge in [0, 0.05) is 30.7 Å². The van der Waals surface area contributed by atoms with Gasteiger partial charge in [0.2, 0.25) is 0 Å². The van der Waals surface area contributed by atoms with Crippen molar-refractivity contribution in [2.24, 2.45) is 0 Å². The zero-order chi connectivity index (χ0) is 11.4. The van der Waals surface area contributed by atoms with Crippen molar-refractivity contribution in [1.82, 2.24) is 9.97 Å². The maximum atomic E-state index is 5.95. The van der Waals surface area contributed by atoms with E-state index in [2.05, 4.69) is 21.8 Å². The van der Waals surface area contributed by atoms with Crippen molar-refractivity contribution in [1.29, 1.82) is 0 Å². The molecule has 15 heavy (non-hydrogen) atoms. The topological polar surface area (TPSA) is 29.0 Å². The Balaban J connectivity index is 2.88. The van der Waals surface area contributed by atoms with Crippen LogP contribution in [0, 0.1) is 6.92 Å². The van der Waals surface area contributed by atoms with Gasteiger partial charge >= 0.3 is 0 Å². The van der Waals surface area contributed by atoms with Crippen LogP contribution in [-0.4, -0.2) is 28.9 Å². The van der Waals surface area contributed by atoms with Gasteiger partial charge in [0.1, 0.15) is 11.6 Å². The van der Waals surface area contributed by atoms with Crippen LogP contribution in [0.1, 0.15) is 25.4 Å². The smallest absolute Gasteiger partial charge is 0.132 e. The van der Waals surface area contributed by atoms with Gasteiger partial charge in [-0.1, -0.05) is 6.92 Å². The minimum Gasteiger partial charge on any atom is -0.358 e. The molecule has 0 amide bonds. The maximum absolute atomic E-state index is 5.95. The summed E-state index contributed by atoms with van der Waals surface area (Å²) in [5, 5.41) is 0.121. The van der Waals surface area contributed by atoms with E-state index >= 15 is 0 Å². The molecule has 84 valence electrons. The molecular formula is C11H18ClN3. The first-order valence-corrected chi connectivity index (χ1v) is 5.66. The molecule has 0 spiro atoms. The molecule has 0 aliphatic carbocycles. The van der Waals surface area contributed by atoms with Crippen molar-refractivity contribution < 1.29 is 0 Å². The van der Waals surface area contributed by atoms with Gasteiger partial charge in [0.25, 0.3) is 0 Å². The summed E-state index contributed by atoms with van der Waals surface area (Å²) >= 11 is 5.95. The van der Waals surface area contributed by atoms with Crippen molar-refractivity contribution in [3.63, 3.8) is 0 Å². The van der Waals surface area contributed by atoms with E-state index in [1.165, 1.54) is 0 Å². The fourth-order valence-electron chi connectivity index (χ4n) is 1.46. The molecule has 3 nitrogen and oxygen atoms in total. The lowest BCUT2D eigenvalue weighted by molar-refractivity contribution is 0.826. The molecule has 0 N–H and O–H groups in total. The molecule has 0 fully saturated rings. The number of hydrogen-bond acceptors (Lipinski definition) is 3. The standard InChI is InChI=1S/C11H18ClN3/c1-5-10-6-11(14-9(3)13-10)15(4)7-8(2)12/h6,8H,5,7H2,1-4H3. The average Bonchev–Trinajstić information content (AvgIpc) is 2.15. The highest BCUT2D eigenvalue weighted by Gasteiger charge is 2.07. The number of hydrogen-bond donors (Lipinski definition) is 0. The van der Waals surface area contributed by atoms with Crippen molar-refractivity contribution in [2.45, 2.75) is 32.6 Å². The van der Waals surface area contributed by atoms with E-state index in [0.717, 1.165) is 30.3 Å². The number of alkyl halides is 1. The highest BCUT2D eigenvalue weighted by molar-refractivity contribution is 6.20. The fraction of sp³-hybridized carbons (Fsp3) is 0.636.